The molecule has 0 unspecified atom stereocenters. The van der Waals surface area contributed by atoms with E-state index in [0.29, 0.717) is 5.41 Å². The molecule has 0 aliphatic carbocycles. The molecule has 2 fully saturated rings. The quantitative estimate of drug-likeness (QED) is 0.656. The van der Waals surface area contributed by atoms with Crippen molar-refractivity contribution in [2.75, 3.05) is 30.9 Å². The van der Waals surface area contributed by atoms with Crippen LogP contribution in [0.2, 0.25) is 0 Å². The minimum atomic E-state index is -2.94. The number of nitrogens with zero attached hydrogens (tertiary/aromatic N) is 1. The van der Waals surface area contributed by atoms with Gasteiger partial charge in [-0.1, -0.05) is 0 Å². The highest BCUT2D eigenvalue weighted by Gasteiger charge is 2.43. The van der Waals surface area contributed by atoms with E-state index in [-0.39, 0.29) is 0 Å². The smallest absolute Gasteiger partial charge is 0.211 e. The van der Waals surface area contributed by atoms with Crippen LogP contribution in [-0.2, 0) is 10.0 Å². The van der Waals surface area contributed by atoms with Gasteiger partial charge in [0.05, 0.1) is 6.26 Å². The van der Waals surface area contributed by atoms with Gasteiger partial charge in [-0.15, -0.1) is 0 Å². The largest absolute Gasteiger partial charge is 0.213 e. The van der Waals surface area contributed by atoms with Gasteiger partial charge in [0.2, 0.25) is 10.0 Å². The van der Waals surface area contributed by atoms with E-state index in [1.54, 1.807) is 4.31 Å². The van der Waals surface area contributed by atoms with Crippen molar-refractivity contribution in [3.8, 4) is 0 Å². The third-order valence-electron chi connectivity index (χ3n) is 3.06. The van der Waals surface area contributed by atoms with Crippen molar-refractivity contribution in [2.45, 2.75) is 12.8 Å². The van der Waals surface area contributed by atoms with Crippen LogP contribution in [0.5, 0.6) is 0 Å². The number of sulfonamides is 1. The molecule has 1 atom stereocenters. The predicted octanol–water partition coefficient (Wildman–Crippen LogP) is 0.775. The third kappa shape index (κ3) is 1.87. The van der Waals surface area contributed by atoms with Crippen LogP contribution in [0.15, 0.2) is 0 Å². The van der Waals surface area contributed by atoms with Gasteiger partial charge in [0, 0.05) is 18.8 Å². The summed E-state index contributed by atoms with van der Waals surface area (Å²) in [5, 5.41) is 0. The number of hydrogen-bond acceptors (Lipinski definition) is 3. The van der Waals surface area contributed by atoms with Gasteiger partial charge in [0.25, 0.3) is 0 Å². The standard InChI is InChI=1S/C8H15NO2S2/c1-13(10,11)9-4-2-8(6-9)3-5-12-7-8/h2-7H2,1H3/t8-/m1/s1. The molecule has 0 aromatic rings. The Hall–Kier alpha value is 0.260. The monoisotopic (exact) mass is 221 g/mol. The van der Waals surface area contributed by atoms with Gasteiger partial charge in [0.1, 0.15) is 0 Å². The van der Waals surface area contributed by atoms with Crippen molar-refractivity contribution in [1.82, 2.24) is 4.31 Å². The average molecular weight is 221 g/mol. The second kappa shape index (κ2) is 3.14. The third-order valence-corrected chi connectivity index (χ3v) is 5.62. The van der Waals surface area contributed by atoms with E-state index in [2.05, 4.69) is 0 Å². The molecule has 1 spiro atoms. The Morgan fingerprint density at radius 3 is 2.62 bits per heavy atom. The van der Waals surface area contributed by atoms with Gasteiger partial charge in [-0.2, -0.15) is 11.8 Å². The first kappa shape index (κ1) is 9.80. The van der Waals surface area contributed by atoms with Crippen molar-refractivity contribution < 1.29 is 8.42 Å². The van der Waals surface area contributed by atoms with Gasteiger partial charge in [-0.25, -0.2) is 12.7 Å². The highest BCUT2D eigenvalue weighted by molar-refractivity contribution is 7.99. The van der Waals surface area contributed by atoms with Crippen LogP contribution in [-0.4, -0.2) is 43.6 Å². The molecule has 76 valence electrons. The van der Waals surface area contributed by atoms with Crippen LogP contribution in [0.3, 0.4) is 0 Å². The molecule has 0 radical (unpaired) electrons. The van der Waals surface area contributed by atoms with Crippen LogP contribution < -0.4 is 0 Å². The molecule has 0 aromatic heterocycles. The fraction of sp³-hybridized carbons (Fsp3) is 1.00. The summed E-state index contributed by atoms with van der Waals surface area (Å²) in [5.41, 5.74) is 0.327. The zero-order valence-corrected chi connectivity index (χ0v) is 9.46. The highest BCUT2D eigenvalue weighted by Crippen LogP contribution is 2.43. The Bertz CT molecular complexity index is 293. The lowest BCUT2D eigenvalue weighted by atomic mass is 9.87. The maximum Gasteiger partial charge on any atom is 0.211 e. The normalized spacial score (nSPS) is 36.1. The summed E-state index contributed by atoms with van der Waals surface area (Å²) >= 11 is 1.96. The zero-order chi connectivity index (χ0) is 9.53. The highest BCUT2D eigenvalue weighted by atomic mass is 32.2. The number of thioether (sulfide) groups is 1. The van der Waals surface area contributed by atoms with Gasteiger partial charge in [0.15, 0.2) is 0 Å². The molecule has 5 heteroatoms. The molecule has 3 nitrogen and oxygen atoms in total. The molecule has 2 heterocycles. The predicted molar refractivity (Wildman–Crippen MR) is 55.4 cm³/mol. The average Bonchev–Trinajstić information content (AvgIpc) is 2.60. The maximum absolute atomic E-state index is 11.3. The van der Waals surface area contributed by atoms with Crippen LogP contribution in [0.1, 0.15) is 12.8 Å². The second-order valence-electron chi connectivity index (χ2n) is 4.15. The van der Waals surface area contributed by atoms with Crippen molar-refractivity contribution in [2.24, 2.45) is 5.41 Å². The number of rotatable bonds is 1. The molecule has 2 saturated heterocycles. The van der Waals surface area contributed by atoms with Gasteiger partial charge < -0.3 is 0 Å². The first-order valence-electron chi connectivity index (χ1n) is 4.55. The molecule has 2 aliphatic heterocycles. The Labute approximate surface area is 83.9 Å². The number of hydrogen-bond donors (Lipinski definition) is 0. The minimum absolute atomic E-state index is 0.327. The summed E-state index contributed by atoms with van der Waals surface area (Å²) in [6.45, 7) is 1.50. The minimum Gasteiger partial charge on any atom is -0.213 e. The fourth-order valence-electron chi connectivity index (χ4n) is 2.15. The molecule has 13 heavy (non-hydrogen) atoms. The van der Waals surface area contributed by atoms with E-state index in [9.17, 15) is 8.42 Å². The molecule has 0 saturated carbocycles. The Morgan fingerprint density at radius 1 is 1.38 bits per heavy atom. The summed E-state index contributed by atoms with van der Waals surface area (Å²) in [7, 11) is -2.94. The van der Waals surface area contributed by atoms with Gasteiger partial charge in [-0.05, 0) is 24.0 Å². The van der Waals surface area contributed by atoms with Gasteiger partial charge >= 0.3 is 0 Å². The summed E-state index contributed by atoms with van der Waals surface area (Å²) in [6, 6.07) is 0. The van der Waals surface area contributed by atoms with E-state index in [1.807, 2.05) is 11.8 Å². The van der Waals surface area contributed by atoms with Gasteiger partial charge in [-0.3, -0.25) is 0 Å². The zero-order valence-electron chi connectivity index (χ0n) is 7.82. The molecule has 2 rings (SSSR count). The van der Waals surface area contributed by atoms with Crippen molar-refractivity contribution >= 4 is 21.8 Å². The molecule has 2 aliphatic rings. The van der Waals surface area contributed by atoms with E-state index >= 15 is 0 Å². The SMILES string of the molecule is CS(=O)(=O)N1CC[C@@]2(CCSC2)C1. The Morgan fingerprint density at radius 2 is 2.15 bits per heavy atom. The van der Waals surface area contributed by atoms with E-state index in [0.717, 1.165) is 25.3 Å². The molecular weight excluding hydrogens is 206 g/mol. The Balaban J connectivity index is 2.09. The summed E-state index contributed by atoms with van der Waals surface area (Å²) in [5.74, 6) is 2.36. The summed E-state index contributed by atoms with van der Waals surface area (Å²) < 4.78 is 24.2. The first-order valence-corrected chi connectivity index (χ1v) is 7.55. The molecule has 0 amide bonds. The van der Waals surface area contributed by atoms with E-state index < -0.39 is 10.0 Å². The van der Waals surface area contributed by atoms with Crippen LogP contribution in [0.25, 0.3) is 0 Å². The second-order valence-corrected chi connectivity index (χ2v) is 7.24. The van der Waals surface area contributed by atoms with Crippen LogP contribution in [0.4, 0.5) is 0 Å². The Kier molecular flexibility index (Phi) is 2.37. The molecule has 0 N–H and O–H groups in total. The van der Waals surface area contributed by atoms with Crippen LogP contribution in [0, 0.1) is 5.41 Å². The maximum atomic E-state index is 11.3. The van der Waals surface area contributed by atoms with Crippen molar-refractivity contribution in [3.63, 3.8) is 0 Å². The summed E-state index contributed by atoms with van der Waals surface area (Å²) in [4.78, 5) is 0. The lowest BCUT2D eigenvalue weighted by Crippen LogP contribution is -2.31. The molecule has 0 bridgehead atoms. The lowest BCUT2D eigenvalue weighted by molar-refractivity contribution is 0.350. The molecular formula is C8H15NO2S2. The summed E-state index contributed by atoms with van der Waals surface area (Å²) in [6.07, 6.45) is 3.57. The molecule has 0 aromatic carbocycles. The van der Waals surface area contributed by atoms with Crippen LogP contribution >= 0.6 is 11.8 Å². The van der Waals surface area contributed by atoms with Crippen molar-refractivity contribution in [1.29, 1.82) is 0 Å². The first-order chi connectivity index (χ1) is 6.02. The fourth-order valence-corrected chi connectivity index (χ4v) is 4.61. The van der Waals surface area contributed by atoms with E-state index in [1.165, 1.54) is 18.4 Å². The topological polar surface area (TPSA) is 37.4 Å². The van der Waals surface area contributed by atoms with Crippen molar-refractivity contribution in [3.05, 3.63) is 0 Å². The lowest BCUT2D eigenvalue weighted by Gasteiger charge is -2.21. The van der Waals surface area contributed by atoms with E-state index in [4.69, 9.17) is 0 Å².